The fourth-order valence-electron chi connectivity index (χ4n) is 4.02. The average molecular weight is 408 g/mol. The van der Waals surface area contributed by atoms with E-state index in [0.29, 0.717) is 6.54 Å². The first-order valence-corrected chi connectivity index (χ1v) is 10.5. The summed E-state index contributed by atoms with van der Waals surface area (Å²) in [5.74, 6) is -0.114. The Balaban J connectivity index is 1.49. The predicted octanol–water partition coefficient (Wildman–Crippen LogP) is 5.19. The molecule has 0 aliphatic heterocycles. The van der Waals surface area contributed by atoms with Crippen molar-refractivity contribution in [1.82, 2.24) is 15.1 Å². The lowest BCUT2D eigenvalue weighted by Gasteiger charge is -2.26. The van der Waals surface area contributed by atoms with E-state index in [1.54, 1.807) is 0 Å². The van der Waals surface area contributed by atoms with Crippen LogP contribution in [0.5, 0.6) is 0 Å². The second-order valence-electron chi connectivity index (χ2n) is 7.92. The van der Waals surface area contributed by atoms with Crippen molar-refractivity contribution < 1.29 is 4.79 Å². The molecule has 3 aromatic rings. The minimum Gasteiger partial charge on any atom is -0.349 e. The highest BCUT2D eigenvalue weighted by Gasteiger charge is 2.27. The van der Waals surface area contributed by atoms with Crippen LogP contribution in [-0.2, 0) is 17.8 Å². The monoisotopic (exact) mass is 407 g/mol. The Morgan fingerprint density at radius 2 is 2.07 bits per heavy atom. The van der Waals surface area contributed by atoms with Crippen molar-refractivity contribution in [3.63, 3.8) is 0 Å². The minimum atomic E-state index is -0.178. The number of benzene rings is 2. The van der Waals surface area contributed by atoms with Crippen LogP contribution in [0, 0.1) is 6.92 Å². The Labute approximate surface area is 176 Å². The van der Waals surface area contributed by atoms with Gasteiger partial charge in [-0.15, -0.1) is 0 Å². The van der Waals surface area contributed by atoms with E-state index in [1.807, 2.05) is 48.1 Å². The number of carbonyl (C=O) groups is 1. The van der Waals surface area contributed by atoms with Crippen LogP contribution in [0.1, 0.15) is 59.7 Å². The van der Waals surface area contributed by atoms with Gasteiger partial charge in [-0.1, -0.05) is 53.6 Å². The number of amides is 1. The summed E-state index contributed by atoms with van der Waals surface area (Å²) in [5, 5.41) is 8.61. The number of aromatic nitrogens is 2. The maximum atomic E-state index is 12.9. The Morgan fingerprint density at radius 3 is 2.83 bits per heavy atom. The fraction of sp³-hybridized carbons (Fsp3) is 0.333. The van der Waals surface area contributed by atoms with Crippen LogP contribution in [0.3, 0.4) is 0 Å². The van der Waals surface area contributed by atoms with Gasteiger partial charge in [0.2, 0.25) is 5.91 Å². The average Bonchev–Trinajstić information content (AvgIpc) is 3.12. The van der Waals surface area contributed by atoms with E-state index in [9.17, 15) is 4.79 Å². The van der Waals surface area contributed by atoms with Crippen molar-refractivity contribution in [2.24, 2.45) is 0 Å². The van der Waals surface area contributed by atoms with Gasteiger partial charge >= 0.3 is 0 Å². The molecule has 0 saturated heterocycles. The van der Waals surface area contributed by atoms with E-state index < -0.39 is 0 Å². The number of rotatable bonds is 5. The molecule has 0 bridgehead atoms. The molecule has 1 amide bonds. The molecule has 0 radical (unpaired) electrons. The first-order valence-electron chi connectivity index (χ1n) is 10.2. The van der Waals surface area contributed by atoms with Gasteiger partial charge in [0.1, 0.15) is 0 Å². The molecular formula is C24H26ClN3O. The van der Waals surface area contributed by atoms with Gasteiger partial charge in [0.25, 0.3) is 0 Å². The van der Waals surface area contributed by atoms with Crippen LogP contribution in [-0.4, -0.2) is 15.7 Å². The van der Waals surface area contributed by atoms with E-state index in [2.05, 4.69) is 35.5 Å². The molecule has 2 atom stereocenters. The van der Waals surface area contributed by atoms with Gasteiger partial charge in [0, 0.05) is 16.3 Å². The van der Waals surface area contributed by atoms with Crippen molar-refractivity contribution in [1.29, 1.82) is 0 Å². The smallest absolute Gasteiger partial charge is 0.227 e. The van der Waals surface area contributed by atoms with E-state index in [4.69, 9.17) is 11.6 Å². The Bertz CT molecular complexity index is 1010. The lowest BCUT2D eigenvalue weighted by molar-refractivity contribution is -0.123. The zero-order chi connectivity index (χ0) is 20.4. The lowest BCUT2D eigenvalue weighted by Crippen LogP contribution is -2.33. The quantitative estimate of drug-likeness (QED) is 0.632. The third kappa shape index (κ3) is 4.38. The summed E-state index contributed by atoms with van der Waals surface area (Å²) < 4.78 is 2.04. The van der Waals surface area contributed by atoms with Crippen LogP contribution in [0.25, 0.3) is 0 Å². The van der Waals surface area contributed by atoms with Gasteiger partial charge in [-0.05, 0) is 56.4 Å². The van der Waals surface area contributed by atoms with E-state index in [-0.39, 0.29) is 17.9 Å². The van der Waals surface area contributed by atoms with E-state index in [1.165, 1.54) is 11.3 Å². The van der Waals surface area contributed by atoms with Crippen LogP contribution >= 0.6 is 11.6 Å². The Hall–Kier alpha value is -2.59. The van der Waals surface area contributed by atoms with Crippen LogP contribution in [0.15, 0.2) is 54.7 Å². The maximum Gasteiger partial charge on any atom is 0.227 e. The van der Waals surface area contributed by atoms with Gasteiger partial charge in [-0.2, -0.15) is 5.10 Å². The number of nitrogens with zero attached hydrogens (tertiary/aromatic N) is 2. The molecule has 1 heterocycles. The first kappa shape index (κ1) is 19.7. The molecule has 1 N–H and O–H groups in total. The number of carbonyl (C=O) groups excluding carboxylic acids is 1. The summed E-state index contributed by atoms with van der Waals surface area (Å²) in [5.41, 5.74) is 5.72. The van der Waals surface area contributed by atoms with Crippen LogP contribution in [0.2, 0.25) is 5.02 Å². The highest BCUT2D eigenvalue weighted by atomic mass is 35.5. The highest BCUT2D eigenvalue weighted by Crippen LogP contribution is 2.31. The molecule has 4 rings (SSSR count). The lowest BCUT2D eigenvalue weighted by atomic mass is 9.91. The SMILES string of the molecule is Cc1ccc([C@H](C)C(=O)N[C@@H]2CCCc3c2cnn3Cc2cccc(Cl)c2)cc1. The van der Waals surface area contributed by atoms with Crippen molar-refractivity contribution in [3.8, 4) is 0 Å². The predicted molar refractivity (Wildman–Crippen MR) is 116 cm³/mol. The number of fused-ring (bicyclic) bond motifs is 1. The summed E-state index contributed by atoms with van der Waals surface area (Å²) in [6.07, 6.45) is 4.89. The first-order chi connectivity index (χ1) is 14.0. The summed E-state index contributed by atoms with van der Waals surface area (Å²) in [6, 6.07) is 16.1. The van der Waals surface area contributed by atoms with Crippen molar-refractivity contribution in [3.05, 3.63) is 87.7 Å². The molecule has 1 aliphatic carbocycles. The third-order valence-corrected chi connectivity index (χ3v) is 6.01. The number of aryl methyl sites for hydroxylation is 1. The molecule has 150 valence electrons. The zero-order valence-electron chi connectivity index (χ0n) is 16.9. The summed E-state index contributed by atoms with van der Waals surface area (Å²) in [4.78, 5) is 12.9. The fourth-order valence-corrected chi connectivity index (χ4v) is 4.23. The topological polar surface area (TPSA) is 46.9 Å². The molecule has 29 heavy (non-hydrogen) atoms. The number of hydrogen-bond donors (Lipinski definition) is 1. The Kier molecular flexibility index (Phi) is 5.72. The van der Waals surface area contributed by atoms with Crippen LogP contribution < -0.4 is 5.32 Å². The molecule has 0 spiro atoms. The van der Waals surface area contributed by atoms with Gasteiger partial charge in [-0.3, -0.25) is 9.48 Å². The second kappa shape index (κ2) is 8.42. The normalized spacial score (nSPS) is 16.9. The van der Waals surface area contributed by atoms with Crippen molar-refractivity contribution in [2.45, 2.75) is 51.6 Å². The molecular weight excluding hydrogens is 382 g/mol. The molecule has 5 heteroatoms. The van der Waals surface area contributed by atoms with Gasteiger partial charge < -0.3 is 5.32 Å². The number of halogens is 1. The minimum absolute atomic E-state index is 0.0206. The molecule has 0 saturated carbocycles. The summed E-state index contributed by atoms with van der Waals surface area (Å²) in [7, 11) is 0. The van der Waals surface area contributed by atoms with Gasteiger partial charge in [-0.25, -0.2) is 0 Å². The largest absolute Gasteiger partial charge is 0.349 e. The molecule has 1 aromatic heterocycles. The molecule has 0 fully saturated rings. The van der Waals surface area contributed by atoms with Crippen molar-refractivity contribution in [2.75, 3.05) is 0 Å². The van der Waals surface area contributed by atoms with Crippen LogP contribution in [0.4, 0.5) is 0 Å². The van der Waals surface area contributed by atoms with Gasteiger partial charge in [0.05, 0.1) is 24.7 Å². The third-order valence-electron chi connectivity index (χ3n) is 5.77. The number of hydrogen-bond acceptors (Lipinski definition) is 2. The summed E-state index contributed by atoms with van der Waals surface area (Å²) in [6.45, 7) is 4.71. The summed E-state index contributed by atoms with van der Waals surface area (Å²) >= 11 is 6.12. The molecule has 0 unspecified atom stereocenters. The van der Waals surface area contributed by atoms with E-state index >= 15 is 0 Å². The standard InChI is InChI=1S/C24H26ClN3O/c1-16-9-11-19(12-10-16)17(2)24(29)27-22-7-4-8-23-21(22)14-26-28(23)15-18-5-3-6-20(25)13-18/h3,5-6,9-14,17,22H,4,7-8,15H2,1-2H3,(H,27,29)/t17-,22+/m0/s1. The molecule has 2 aromatic carbocycles. The zero-order valence-corrected chi connectivity index (χ0v) is 17.6. The van der Waals surface area contributed by atoms with E-state index in [0.717, 1.165) is 41.0 Å². The molecule has 1 aliphatic rings. The van der Waals surface area contributed by atoms with Gasteiger partial charge in [0.15, 0.2) is 0 Å². The highest BCUT2D eigenvalue weighted by molar-refractivity contribution is 6.30. The second-order valence-corrected chi connectivity index (χ2v) is 8.36. The molecule has 4 nitrogen and oxygen atoms in total. The Morgan fingerprint density at radius 1 is 1.28 bits per heavy atom. The maximum absolute atomic E-state index is 12.9. The van der Waals surface area contributed by atoms with Crippen molar-refractivity contribution >= 4 is 17.5 Å². The number of nitrogens with one attached hydrogen (secondary N) is 1.